The molecule has 0 radical (unpaired) electrons. The molecule has 0 heterocycles. The number of hydrogen-bond donors (Lipinski definition) is 0. The van der Waals surface area contributed by atoms with E-state index < -0.39 is 10.8 Å². The van der Waals surface area contributed by atoms with Crippen molar-refractivity contribution in [1.29, 1.82) is 0 Å². The van der Waals surface area contributed by atoms with Gasteiger partial charge in [0.25, 0.3) is 5.69 Å². The summed E-state index contributed by atoms with van der Waals surface area (Å²) in [6, 6.07) is 5.76. The van der Waals surface area contributed by atoms with E-state index in [9.17, 15) is 19.7 Å². The summed E-state index contributed by atoms with van der Waals surface area (Å²) in [5, 5.41) is 10.7. The normalized spacial score (nSPS) is 19.1. The number of rotatable bonds is 3. The molecule has 0 unspecified atom stereocenters. The van der Waals surface area contributed by atoms with Crippen LogP contribution in [0.5, 0.6) is 0 Å². The highest BCUT2D eigenvalue weighted by molar-refractivity contribution is 6.16. The van der Waals surface area contributed by atoms with Crippen molar-refractivity contribution in [3.63, 3.8) is 0 Å². The van der Waals surface area contributed by atoms with Crippen molar-refractivity contribution in [3.8, 4) is 0 Å². The molecule has 0 bridgehead atoms. The highest BCUT2D eigenvalue weighted by Gasteiger charge is 2.38. The molecule has 0 amide bonds. The lowest BCUT2D eigenvalue weighted by Gasteiger charge is -2.30. The summed E-state index contributed by atoms with van der Waals surface area (Å²) in [5.74, 6) is -1.13. The number of nitro groups is 1. The molecule has 1 aromatic carbocycles. The van der Waals surface area contributed by atoms with Crippen LogP contribution in [0.1, 0.15) is 26.7 Å². The zero-order chi connectivity index (χ0) is 15.6. The van der Waals surface area contributed by atoms with Crippen molar-refractivity contribution in [2.45, 2.75) is 26.7 Å². The van der Waals surface area contributed by atoms with Crippen LogP contribution in [0.2, 0.25) is 0 Å². The molecule has 2 rings (SSSR count). The van der Waals surface area contributed by atoms with E-state index in [0.717, 1.165) is 0 Å². The third kappa shape index (κ3) is 3.59. The molecule has 1 fully saturated rings. The molecule has 6 nitrogen and oxygen atoms in total. The van der Waals surface area contributed by atoms with Gasteiger partial charge < -0.3 is 0 Å². The first-order valence-corrected chi connectivity index (χ1v) is 6.63. The van der Waals surface area contributed by atoms with Gasteiger partial charge in [-0.05, 0) is 11.5 Å². The van der Waals surface area contributed by atoms with Crippen molar-refractivity contribution in [3.05, 3.63) is 34.4 Å². The standard InChI is InChI=1S/C15H16N2O4/c1-15(2)7-13(18)12(14(19)8-15)9-16-10-4-3-5-11(6-10)17(20)21/h3-6,9,12H,7-8H2,1-2H3. The number of nitrogens with zero attached hydrogens (tertiary/aromatic N) is 2. The van der Waals surface area contributed by atoms with Crippen LogP contribution in [-0.4, -0.2) is 22.7 Å². The molecule has 6 heteroatoms. The number of carbonyl (C=O) groups is 2. The first kappa shape index (κ1) is 15.0. The number of aliphatic imine (C=N–C) groups is 1. The number of carbonyl (C=O) groups excluding carboxylic acids is 2. The third-order valence-electron chi connectivity index (χ3n) is 3.41. The van der Waals surface area contributed by atoms with E-state index in [1.54, 1.807) is 6.07 Å². The first-order chi connectivity index (χ1) is 9.78. The molecule has 0 saturated heterocycles. The van der Waals surface area contributed by atoms with Crippen LogP contribution >= 0.6 is 0 Å². The molecule has 110 valence electrons. The van der Waals surface area contributed by atoms with Crippen LogP contribution in [0.4, 0.5) is 11.4 Å². The molecule has 0 aromatic heterocycles. The van der Waals surface area contributed by atoms with Crippen molar-refractivity contribution in [2.24, 2.45) is 16.3 Å². The second kappa shape index (κ2) is 5.55. The Balaban J connectivity index is 2.18. The van der Waals surface area contributed by atoms with Crippen molar-refractivity contribution in [1.82, 2.24) is 0 Å². The van der Waals surface area contributed by atoms with Gasteiger partial charge in [-0.15, -0.1) is 0 Å². The van der Waals surface area contributed by atoms with Crippen LogP contribution in [0, 0.1) is 21.4 Å². The fourth-order valence-electron chi connectivity index (χ4n) is 2.42. The van der Waals surface area contributed by atoms with Gasteiger partial charge in [0.1, 0.15) is 17.5 Å². The second-order valence-electron chi connectivity index (χ2n) is 5.98. The van der Waals surface area contributed by atoms with E-state index >= 15 is 0 Å². The molecule has 1 saturated carbocycles. The van der Waals surface area contributed by atoms with Gasteiger partial charge in [-0.1, -0.05) is 19.9 Å². The number of Topliss-reactive ketones (excluding diaryl/α,β-unsaturated/α-hetero) is 2. The number of nitro benzene ring substituents is 1. The second-order valence-corrected chi connectivity index (χ2v) is 5.98. The number of hydrogen-bond acceptors (Lipinski definition) is 5. The minimum Gasteiger partial charge on any atom is -0.298 e. The molecule has 0 N–H and O–H groups in total. The molecular weight excluding hydrogens is 272 g/mol. The summed E-state index contributed by atoms with van der Waals surface area (Å²) in [6.07, 6.45) is 1.98. The highest BCUT2D eigenvalue weighted by Crippen LogP contribution is 2.33. The van der Waals surface area contributed by atoms with Crippen LogP contribution in [0.15, 0.2) is 29.3 Å². The number of non-ortho nitro benzene ring substituents is 1. The predicted octanol–water partition coefficient (Wildman–Crippen LogP) is 2.87. The minimum atomic E-state index is -0.836. The summed E-state index contributed by atoms with van der Waals surface area (Å²) in [7, 11) is 0. The van der Waals surface area contributed by atoms with Gasteiger partial charge in [-0.2, -0.15) is 0 Å². The first-order valence-electron chi connectivity index (χ1n) is 6.63. The maximum atomic E-state index is 12.0. The van der Waals surface area contributed by atoms with Gasteiger partial charge in [0.05, 0.1) is 10.6 Å². The molecule has 0 spiro atoms. The van der Waals surface area contributed by atoms with E-state index in [2.05, 4.69) is 4.99 Å². The molecule has 1 aliphatic carbocycles. The van der Waals surface area contributed by atoms with E-state index in [1.807, 2.05) is 13.8 Å². The zero-order valence-electron chi connectivity index (χ0n) is 11.9. The quantitative estimate of drug-likeness (QED) is 0.370. The Labute approximate surface area is 122 Å². The average Bonchev–Trinajstić information content (AvgIpc) is 2.36. The third-order valence-corrected chi connectivity index (χ3v) is 3.41. The summed E-state index contributed by atoms with van der Waals surface area (Å²) < 4.78 is 0. The van der Waals surface area contributed by atoms with Crippen LogP contribution < -0.4 is 0 Å². The lowest BCUT2D eigenvalue weighted by Crippen LogP contribution is -2.38. The van der Waals surface area contributed by atoms with Gasteiger partial charge in [0, 0.05) is 31.2 Å². The Bertz CT molecular complexity index is 614. The van der Waals surface area contributed by atoms with Gasteiger partial charge in [0.2, 0.25) is 0 Å². The molecule has 21 heavy (non-hydrogen) atoms. The van der Waals surface area contributed by atoms with Crippen molar-refractivity contribution >= 4 is 29.2 Å². The molecule has 0 atom stereocenters. The Morgan fingerprint density at radius 1 is 1.29 bits per heavy atom. The van der Waals surface area contributed by atoms with E-state index in [1.165, 1.54) is 24.4 Å². The lowest BCUT2D eigenvalue weighted by atomic mass is 9.72. The van der Waals surface area contributed by atoms with E-state index in [-0.39, 0.29) is 22.7 Å². The van der Waals surface area contributed by atoms with Gasteiger partial charge >= 0.3 is 0 Å². The minimum absolute atomic E-state index is 0.0768. The fraction of sp³-hybridized carbons (Fsp3) is 0.400. The summed E-state index contributed by atoms with van der Waals surface area (Å²) in [5.41, 5.74) is -0.0222. The maximum Gasteiger partial charge on any atom is 0.271 e. The van der Waals surface area contributed by atoms with E-state index in [4.69, 9.17) is 0 Å². The van der Waals surface area contributed by atoms with Crippen LogP contribution in [0.3, 0.4) is 0 Å². The Morgan fingerprint density at radius 2 is 1.90 bits per heavy atom. The van der Waals surface area contributed by atoms with Crippen molar-refractivity contribution < 1.29 is 14.5 Å². The smallest absolute Gasteiger partial charge is 0.271 e. The van der Waals surface area contributed by atoms with Crippen LogP contribution in [-0.2, 0) is 9.59 Å². The monoisotopic (exact) mass is 288 g/mol. The Kier molecular flexibility index (Phi) is 3.97. The summed E-state index contributed by atoms with van der Waals surface area (Å²) in [6.45, 7) is 3.77. The Hall–Kier alpha value is -2.37. The molecule has 1 aromatic rings. The predicted molar refractivity (Wildman–Crippen MR) is 77.8 cm³/mol. The SMILES string of the molecule is CC1(C)CC(=O)C(C=Nc2cccc([N+](=O)[O-])c2)C(=O)C1. The molecule has 0 aliphatic heterocycles. The summed E-state index contributed by atoms with van der Waals surface area (Å²) in [4.78, 5) is 38.2. The van der Waals surface area contributed by atoms with E-state index in [0.29, 0.717) is 18.5 Å². The van der Waals surface area contributed by atoms with Gasteiger partial charge in [-0.25, -0.2) is 0 Å². The summed E-state index contributed by atoms with van der Waals surface area (Å²) >= 11 is 0. The van der Waals surface area contributed by atoms with Gasteiger partial charge in [0.15, 0.2) is 0 Å². The van der Waals surface area contributed by atoms with Gasteiger partial charge in [-0.3, -0.25) is 24.7 Å². The lowest BCUT2D eigenvalue weighted by molar-refractivity contribution is -0.384. The zero-order valence-corrected chi connectivity index (χ0v) is 11.9. The van der Waals surface area contributed by atoms with Crippen LogP contribution in [0.25, 0.3) is 0 Å². The number of benzene rings is 1. The fourth-order valence-corrected chi connectivity index (χ4v) is 2.42. The average molecular weight is 288 g/mol. The Morgan fingerprint density at radius 3 is 2.48 bits per heavy atom. The topological polar surface area (TPSA) is 89.6 Å². The van der Waals surface area contributed by atoms with Crippen molar-refractivity contribution in [2.75, 3.05) is 0 Å². The number of ketones is 2. The highest BCUT2D eigenvalue weighted by atomic mass is 16.6. The molecular formula is C15H16N2O4. The largest absolute Gasteiger partial charge is 0.298 e. The maximum absolute atomic E-state index is 12.0. The molecule has 1 aliphatic rings.